The van der Waals surface area contributed by atoms with Crippen molar-refractivity contribution in [2.45, 2.75) is 64.0 Å². The quantitative estimate of drug-likeness (QED) is 0.354. The van der Waals surface area contributed by atoms with Crippen molar-refractivity contribution in [2.75, 3.05) is 7.11 Å². The van der Waals surface area contributed by atoms with Gasteiger partial charge in [-0.15, -0.1) is 0 Å². The number of hydrogen-bond acceptors (Lipinski definition) is 6. The topological polar surface area (TPSA) is 97.8 Å². The number of nitrogens with zero attached hydrogens (tertiary/aromatic N) is 1. The molecule has 0 saturated carbocycles. The second-order valence-corrected chi connectivity index (χ2v) is 10.3. The summed E-state index contributed by atoms with van der Waals surface area (Å²) in [6.07, 6.45) is 7.15. The molecular formula is C32H38N2O5. The molecule has 7 heteroatoms. The Morgan fingerprint density at radius 3 is 2.44 bits per heavy atom. The number of nitrogens with one attached hydrogen (secondary N) is 1. The van der Waals surface area contributed by atoms with E-state index in [1.54, 1.807) is 0 Å². The minimum atomic E-state index is -0.826. The Hall–Kier alpha value is -3.87. The van der Waals surface area contributed by atoms with E-state index in [4.69, 9.17) is 9.47 Å². The highest BCUT2D eigenvalue weighted by Gasteiger charge is 2.34. The summed E-state index contributed by atoms with van der Waals surface area (Å²) >= 11 is 0. The van der Waals surface area contributed by atoms with Gasteiger partial charge in [0.15, 0.2) is 17.2 Å². The number of aromatic nitrogens is 1. The van der Waals surface area contributed by atoms with Crippen LogP contribution in [0.15, 0.2) is 72.9 Å². The third kappa shape index (κ3) is 7.59. The Labute approximate surface area is 230 Å². The fourth-order valence-electron chi connectivity index (χ4n) is 5.57. The fourth-order valence-corrected chi connectivity index (χ4v) is 5.57. The van der Waals surface area contributed by atoms with Gasteiger partial charge in [0.05, 0.1) is 7.11 Å². The van der Waals surface area contributed by atoms with Gasteiger partial charge in [-0.1, -0.05) is 67.1 Å². The number of amides is 1. The zero-order chi connectivity index (χ0) is 27.6. The van der Waals surface area contributed by atoms with Gasteiger partial charge in [-0.05, 0) is 62.5 Å². The molecule has 3 aromatic rings. The number of carbonyl (C=O) groups excluding carboxylic acids is 2. The second-order valence-electron chi connectivity index (χ2n) is 10.3. The van der Waals surface area contributed by atoms with E-state index in [-0.39, 0.29) is 29.2 Å². The number of methoxy groups -OCH3 is 1. The molecule has 1 fully saturated rings. The van der Waals surface area contributed by atoms with Gasteiger partial charge in [0, 0.05) is 18.2 Å². The number of rotatable bonds is 9. The number of pyridine rings is 1. The Morgan fingerprint density at radius 1 is 1.05 bits per heavy atom. The van der Waals surface area contributed by atoms with Gasteiger partial charge < -0.3 is 19.9 Å². The first-order valence-corrected chi connectivity index (χ1v) is 13.8. The predicted octanol–water partition coefficient (Wildman–Crippen LogP) is 5.51. The van der Waals surface area contributed by atoms with Crippen LogP contribution in [0.2, 0.25) is 0 Å². The fraction of sp³-hybridized carbons (Fsp3) is 0.406. The number of carbonyl (C=O) groups is 2. The largest absolute Gasteiger partial charge is 0.503 e. The van der Waals surface area contributed by atoms with Crippen LogP contribution < -0.4 is 10.1 Å². The average molecular weight is 531 g/mol. The van der Waals surface area contributed by atoms with Crippen molar-refractivity contribution in [3.8, 4) is 11.5 Å². The monoisotopic (exact) mass is 530 g/mol. The van der Waals surface area contributed by atoms with E-state index in [9.17, 15) is 14.7 Å². The van der Waals surface area contributed by atoms with Crippen molar-refractivity contribution >= 4 is 11.9 Å². The Balaban J connectivity index is 1.49. The second kappa shape index (κ2) is 13.8. The van der Waals surface area contributed by atoms with E-state index in [1.165, 1.54) is 30.5 Å². The summed E-state index contributed by atoms with van der Waals surface area (Å²) in [4.78, 5) is 30.2. The van der Waals surface area contributed by atoms with Gasteiger partial charge in [0.25, 0.3) is 5.91 Å². The summed E-state index contributed by atoms with van der Waals surface area (Å²) in [6, 6.07) is 21.5. The molecule has 4 atom stereocenters. The molecule has 2 heterocycles. The first kappa shape index (κ1) is 28.1. The molecule has 0 radical (unpaired) electrons. The Kier molecular flexibility index (Phi) is 9.95. The zero-order valence-electron chi connectivity index (χ0n) is 22.7. The number of hydrogen-bond donors (Lipinski definition) is 2. The third-order valence-electron chi connectivity index (χ3n) is 7.69. The number of aromatic hydroxyl groups is 1. The van der Waals surface area contributed by atoms with Crippen LogP contribution in [-0.2, 0) is 22.4 Å². The van der Waals surface area contributed by atoms with Gasteiger partial charge in [0.1, 0.15) is 12.1 Å². The average Bonchev–Trinajstić information content (AvgIpc) is 3.00. The number of cyclic esters (lactones) is 1. The highest BCUT2D eigenvalue weighted by molar-refractivity contribution is 5.97. The molecule has 2 N–H and O–H groups in total. The molecule has 0 spiro atoms. The molecule has 2 aromatic carbocycles. The van der Waals surface area contributed by atoms with Gasteiger partial charge in [-0.2, -0.15) is 0 Å². The minimum absolute atomic E-state index is 0.142. The highest BCUT2D eigenvalue weighted by atomic mass is 16.5. The smallest absolute Gasteiger partial charge is 0.328 e. The maximum atomic E-state index is 13.3. The lowest BCUT2D eigenvalue weighted by atomic mass is 9.77. The molecule has 206 valence electrons. The zero-order valence-corrected chi connectivity index (χ0v) is 22.7. The van der Waals surface area contributed by atoms with Crippen LogP contribution in [0.25, 0.3) is 0 Å². The van der Waals surface area contributed by atoms with Crippen LogP contribution in [0.5, 0.6) is 11.5 Å². The van der Waals surface area contributed by atoms with E-state index in [0.717, 1.165) is 38.5 Å². The van der Waals surface area contributed by atoms with E-state index < -0.39 is 17.9 Å². The van der Waals surface area contributed by atoms with Crippen molar-refractivity contribution < 1.29 is 24.2 Å². The highest BCUT2D eigenvalue weighted by Crippen LogP contribution is 2.34. The summed E-state index contributed by atoms with van der Waals surface area (Å²) in [5.74, 6) is -0.783. The summed E-state index contributed by atoms with van der Waals surface area (Å²) in [6.45, 7) is 1.97. The van der Waals surface area contributed by atoms with Crippen LogP contribution in [-0.4, -0.2) is 41.2 Å². The Morgan fingerprint density at radius 2 is 1.74 bits per heavy atom. The maximum absolute atomic E-state index is 13.3. The van der Waals surface area contributed by atoms with E-state index in [2.05, 4.69) is 46.7 Å². The third-order valence-corrected chi connectivity index (χ3v) is 7.69. The number of aryl methyl sites for hydroxylation is 1. The summed E-state index contributed by atoms with van der Waals surface area (Å²) < 4.78 is 11.1. The number of esters is 1. The molecule has 0 unspecified atom stereocenters. The van der Waals surface area contributed by atoms with Crippen LogP contribution in [0, 0.1) is 11.8 Å². The first-order valence-electron chi connectivity index (χ1n) is 13.8. The van der Waals surface area contributed by atoms with Crippen molar-refractivity contribution in [1.29, 1.82) is 0 Å². The normalized spacial score (nSPS) is 21.6. The van der Waals surface area contributed by atoms with Gasteiger partial charge in [0.2, 0.25) is 0 Å². The van der Waals surface area contributed by atoms with Crippen LogP contribution in [0.4, 0.5) is 0 Å². The lowest BCUT2D eigenvalue weighted by Gasteiger charge is -2.31. The van der Waals surface area contributed by atoms with E-state index >= 15 is 0 Å². The Bertz CT molecular complexity index is 1220. The molecular weight excluding hydrogens is 492 g/mol. The molecule has 7 nitrogen and oxygen atoms in total. The lowest BCUT2D eigenvalue weighted by Crippen LogP contribution is -2.43. The number of ether oxygens (including phenoxy) is 2. The first-order chi connectivity index (χ1) is 19.0. The standard InChI is InChI=1S/C32H38N2O5/c1-22-26(21-24-13-7-4-8-14-24)25(16-9-15-23-11-5-3-6-12-23)17-10-18-27(32(37)39-22)34-31(36)29-30(35)28(38-2)19-20-33-29/h3-8,11-14,19-20,22,25-27,35H,9-10,15-18,21H2,1-2H3,(H,34,36)/t22-,25-,26-,27-/m0/s1. The molecule has 0 bridgehead atoms. The molecule has 39 heavy (non-hydrogen) atoms. The SMILES string of the molecule is COc1ccnc(C(=O)N[C@H]2CCC[C@H](CCCc3ccccc3)[C@@H](Cc3ccccc3)[C@H](C)OC2=O)c1O. The molecule has 4 rings (SSSR count). The lowest BCUT2D eigenvalue weighted by molar-refractivity contribution is -0.153. The van der Waals surface area contributed by atoms with Crippen molar-refractivity contribution in [1.82, 2.24) is 10.3 Å². The van der Waals surface area contributed by atoms with Gasteiger partial charge in [-0.25, -0.2) is 9.78 Å². The molecule has 1 amide bonds. The van der Waals surface area contributed by atoms with Crippen molar-refractivity contribution in [3.05, 3.63) is 89.7 Å². The van der Waals surface area contributed by atoms with Gasteiger partial charge in [-0.3, -0.25) is 4.79 Å². The molecule has 1 aliphatic heterocycles. The summed E-state index contributed by atoms with van der Waals surface area (Å²) in [7, 11) is 1.40. The van der Waals surface area contributed by atoms with Gasteiger partial charge >= 0.3 is 5.97 Å². The maximum Gasteiger partial charge on any atom is 0.328 e. The predicted molar refractivity (Wildman–Crippen MR) is 150 cm³/mol. The minimum Gasteiger partial charge on any atom is -0.503 e. The van der Waals surface area contributed by atoms with E-state index in [1.807, 2.05) is 31.2 Å². The molecule has 1 saturated heterocycles. The molecule has 0 aliphatic carbocycles. The van der Waals surface area contributed by atoms with Crippen LogP contribution in [0.1, 0.15) is 60.6 Å². The number of benzene rings is 2. The molecule has 1 aliphatic rings. The summed E-state index contributed by atoms with van der Waals surface area (Å²) in [5, 5.41) is 13.1. The van der Waals surface area contributed by atoms with Crippen molar-refractivity contribution in [3.63, 3.8) is 0 Å². The van der Waals surface area contributed by atoms with Crippen molar-refractivity contribution in [2.24, 2.45) is 11.8 Å². The summed E-state index contributed by atoms with van der Waals surface area (Å²) in [5.41, 5.74) is 2.37. The van der Waals surface area contributed by atoms with Crippen LogP contribution in [0.3, 0.4) is 0 Å². The van der Waals surface area contributed by atoms with Crippen LogP contribution >= 0.6 is 0 Å². The molecule has 1 aromatic heterocycles. The van der Waals surface area contributed by atoms with E-state index in [0.29, 0.717) is 12.3 Å².